The van der Waals surface area contributed by atoms with Gasteiger partial charge >= 0.3 is 5.97 Å². The molecule has 3 rings (SSSR count). The zero-order chi connectivity index (χ0) is 21.3. The summed E-state index contributed by atoms with van der Waals surface area (Å²) in [4.78, 5) is 38.7. The Morgan fingerprint density at radius 2 is 2.00 bits per heavy atom. The van der Waals surface area contributed by atoms with Crippen LogP contribution in [0.15, 0.2) is 48.2 Å². The number of carbonyl (C=O) groups excluding carboxylic acids is 3. The fourth-order valence-electron chi connectivity index (χ4n) is 4.10. The molecule has 8 nitrogen and oxygen atoms in total. The van der Waals surface area contributed by atoms with Crippen LogP contribution in [-0.2, 0) is 19.1 Å². The van der Waals surface area contributed by atoms with Crippen LogP contribution in [0.4, 0.5) is 0 Å². The first kappa shape index (κ1) is 20.4. The van der Waals surface area contributed by atoms with Crippen LogP contribution < -0.4 is 11.5 Å². The van der Waals surface area contributed by atoms with Gasteiger partial charge in [-0.3, -0.25) is 14.4 Å². The third kappa shape index (κ3) is 3.04. The number of esters is 1. The number of nitriles is 1. The fraction of sp³-hybridized carbons (Fsp3) is 0.300. The zero-order valence-corrected chi connectivity index (χ0v) is 16.3. The maximum Gasteiger partial charge on any atom is 0.329 e. The van der Waals surface area contributed by atoms with Gasteiger partial charge in [0.15, 0.2) is 5.41 Å². The molecule has 2 heterocycles. The summed E-state index contributed by atoms with van der Waals surface area (Å²) >= 11 is 6.38. The minimum absolute atomic E-state index is 0.0392. The number of halogens is 1. The number of primary amides is 2. The van der Waals surface area contributed by atoms with Crippen molar-refractivity contribution >= 4 is 29.4 Å². The van der Waals surface area contributed by atoms with Crippen LogP contribution in [0.5, 0.6) is 0 Å². The molecule has 0 aromatic heterocycles. The van der Waals surface area contributed by atoms with Crippen LogP contribution in [0.3, 0.4) is 0 Å². The Kier molecular flexibility index (Phi) is 5.36. The van der Waals surface area contributed by atoms with Crippen molar-refractivity contribution in [1.29, 1.82) is 5.26 Å². The average molecular weight is 415 g/mol. The van der Waals surface area contributed by atoms with E-state index in [4.69, 9.17) is 27.8 Å². The lowest BCUT2D eigenvalue weighted by molar-refractivity contribution is -0.153. The molecule has 4 unspecified atom stereocenters. The van der Waals surface area contributed by atoms with E-state index < -0.39 is 41.2 Å². The minimum Gasteiger partial charge on any atom is -0.465 e. The molecule has 0 bridgehead atoms. The number of hydrogen-bond donors (Lipinski definition) is 2. The van der Waals surface area contributed by atoms with Gasteiger partial charge in [0.25, 0.3) is 0 Å². The molecular weight excluding hydrogens is 396 g/mol. The van der Waals surface area contributed by atoms with E-state index in [1.807, 2.05) is 0 Å². The van der Waals surface area contributed by atoms with E-state index in [9.17, 15) is 19.6 Å². The molecule has 0 aliphatic carbocycles. The molecule has 2 amide bonds. The predicted molar refractivity (Wildman–Crippen MR) is 104 cm³/mol. The van der Waals surface area contributed by atoms with E-state index in [-0.39, 0.29) is 17.2 Å². The molecule has 2 aliphatic rings. The Balaban J connectivity index is 2.32. The van der Waals surface area contributed by atoms with E-state index >= 15 is 0 Å². The standard InChI is InChI=1S/C20H19ClN4O4/c1-2-29-19(28)20(10-22)14-8-7-11(17(23)26)9-25(14)16(18(24)27)15(20)12-5-3-4-6-13(12)21/h3-9,14-16H,2H2,1H3,(H2,23,26)(H2,24,27). The van der Waals surface area contributed by atoms with Gasteiger partial charge in [-0.05, 0) is 24.6 Å². The fourth-order valence-corrected chi connectivity index (χ4v) is 4.36. The van der Waals surface area contributed by atoms with Crippen molar-refractivity contribution in [3.05, 3.63) is 58.8 Å². The molecular formula is C20H19ClN4O4. The molecule has 29 heavy (non-hydrogen) atoms. The average Bonchev–Trinajstić information content (AvgIpc) is 2.99. The second-order valence-corrected chi connectivity index (χ2v) is 7.15. The van der Waals surface area contributed by atoms with Crippen molar-refractivity contribution in [3.8, 4) is 6.07 Å². The van der Waals surface area contributed by atoms with E-state index in [1.54, 1.807) is 31.2 Å². The highest BCUT2D eigenvalue weighted by Crippen LogP contribution is 2.54. The van der Waals surface area contributed by atoms with E-state index in [2.05, 4.69) is 6.07 Å². The van der Waals surface area contributed by atoms with Gasteiger partial charge in [0.05, 0.1) is 24.3 Å². The highest BCUT2D eigenvalue weighted by Gasteiger charge is 2.66. The molecule has 4 atom stereocenters. The number of carbonyl (C=O) groups is 3. The summed E-state index contributed by atoms with van der Waals surface area (Å²) < 4.78 is 5.23. The first-order valence-electron chi connectivity index (χ1n) is 8.89. The van der Waals surface area contributed by atoms with E-state index in [1.165, 1.54) is 23.3 Å². The Labute approximate surface area is 172 Å². The summed E-state index contributed by atoms with van der Waals surface area (Å²) in [6.07, 6.45) is 4.26. The molecule has 150 valence electrons. The summed E-state index contributed by atoms with van der Waals surface area (Å²) in [5, 5.41) is 10.5. The highest BCUT2D eigenvalue weighted by atomic mass is 35.5. The minimum atomic E-state index is -1.82. The predicted octanol–water partition coefficient (Wildman–Crippen LogP) is 0.974. The molecule has 1 saturated heterocycles. The normalized spacial score (nSPS) is 27.6. The lowest BCUT2D eigenvalue weighted by atomic mass is 9.68. The summed E-state index contributed by atoms with van der Waals surface area (Å²) in [6.45, 7) is 1.66. The molecule has 0 spiro atoms. The maximum absolute atomic E-state index is 13.1. The van der Waals surface area contributed by atoms with E-state index in [0.29, 0.717) is 5.56 Å². The van der Waals surface area contributed by atoms with Gasteiger partial charge in [-0.25, -0.2) is 0 Å². The summed E-state index contributed by atoms with van der Waals surface area (Å²) in [5.41, 5.74) is 9.77. The molecule has 4 N–H and O–H groups in total. The zero-order valence-electron chi connectivity index (χ0n) is 15.5. The monoisotopic (exact) mass is 414 g/mol. The van der Waals surface area contributed by atoms with Crippen LogP contribution in [0, 0.1) is 16.7 Å². The topological polar surface area (TPSA) is 140 Å². The van der Waals surface area contributed by atoms with Crippen molar-refractivity contribution in [2.75, 3.05) is 6.61 Å². The Bertz CT molecular complexity index is 983. The SMILES string of the molecule is CCOC(=O)C1(C#N)C(c2ccccc2Cl)C(C(N)=O)N2C=C(C(N)=O)C=CC21. The number of nitrogens with zero attached hydrogens (tertiary/aromatic N) is 2. The number of ether oxygens (including phenoxy) is 1. The Morgan fingerprint density at radius 1 is 1.31 bits per heavy atom. The van der Waals surface area contributed by atoms with Crippen LogP contribution in [0.2, 0.25) is 5.02 Å². The number of hydrogen-bond acceptors (Lipinski definition) is 6. The van der Waals surface area contributed by atoms with Gasteiger partial charge in [-0.2, -0.15) is 5.26 Å². The summed E-state index contributed by atoms with van der Waals surface area (Å²) in [6, 6.07) is 6.65. The second kappa shape index (κ2) is 7.60. The van der Waals surface area contributed by atoms with Crippen LogP contribution >= 0.6 is 11.6 Å². The summed E-state index contributed by atoms with van der Waals surface area (Å²) in [7, 11) is 0. The molecule has 0 saturated carbocycles. The lowest BCUT2D eigenvalue weighted by Crippen LogP contribution is -2.45. The molecule has 1 aromatic carbocycles. The first-order chi connectivity index (χ1) is 13.8. The summed E-state index contributed by atoms with van der Waals surface area (Å²) in [5.74, 6) is -3.33. The van der Waals surface area contributed by atoms with Gasteiger partial charge in [0, 0.05) is 17.1 Å². The van der Waals surface area contributed by atoms with Gasteiger partial charge < -0.3 is 21.1 Å². The number of rotatable bonds is 5. The molecule has 0 radical (unpaired) electrons. The van der Waals surface area contributed by atoms with Gasteiger partial charge in [-0.1, -0.05) is 35.9 Å². The van der Waals surface area contributed by atoms with Crippen LogP contribution in [0.1, 0.15) is 18.4 Å². The Hall–Kier alpha value is -3.31. The van der Waals surface area contributed by atoms with E-state index in [0.717, 1.165) is 0 Å². The largest absolute Gasteiger partial charge is 0.465 e. The number of fused-ring (bicyclic) bond motifs is 1. The maximum atomic E-state index is 13.1. The molecule has 9 heteroatoms. The van der Waals surface area contributed by atoms with Crippen LogP contribution in [0.25, 0.3) is 0 Å². The lowest BCUT2D eigenvalue weighted by Gasteiger charge is -2.32. The third-order valence-corrected chi connectivity index (χ3v) is 5.62. The molecule has 1 aromatic rings. The second-order valence-electron chi connectivity index (χ2n) is 6.75. The van der Waals surface area contributed by atoms with Gasteiger partial charge in [0.1, 0.15) is 6.04 Å². The Morgan fingerprint density at radius 3 is 2.55 bits per heavy atom. The number of benzene rings is 1. The van der Waals surface area contributed by atoms with Crippen molar-refractivity contribution < 1.29 is 19.1 Å². The van der Waals surface area contributed by atoms with Gasteiger partial charge in [0.2, 0.25) is 11.8 Å². The van der Waals surface area contributed by atoms with Crippen molar-refractivity contribution in [2.45, 2.75) is 24.9 Å². The van der Waals surface area contributed by atoms with Gasteiger partial charge in [-0.15, -0.1) is 0 Å². The number of amides is 2. The third-order valence-electron chi connectivity index (χ3n) is 5.28. The highest BCUT2D eigenvalue weighted by molar-refractivity contribution is 6.31. The number of nitrogens with two attached hydrogens (primary N) is 2. The first-order valence-corrected chi connectivity index (χ1v) is 9.26. The van der Waals surface area contributed by atoms with Crippen LogP contribution in [-0.4, -0.2) is 41.4 Å². The smallest absolute Gasteiger partial charge is 0.329 e. The molecule has 1 fully saturated rings. The molecule has 2 aliphatic heterocycles. The van der Waals surface area contributed by atoms with Crippen molar-refractivity contribution in [3.63, 3.8) is 0 Å². The van der Waals surface area contributed by atoms with Crippen molar-refractivity contribution in [2.24, 2.45) is 16.9 Å². The quantitative estimate of drug-likeness (QED) is 0.688. The van der Waals surface area contributed by atoms with Crippen molar-refractivity contribution in [1.82, 2.24) is 4.90 Å².